The third-order valence-corrected chi connectivity index (χ3v) is 2.80. The summed E-state index contributed by atoms with van der Waals surface area (Å²) in [5.41, 5.74) is 1.60. The van der Waals surface area contributed by atoms with Gasteiger partial charge in [0.05, 0.1) is 6.10 Å². The van der Waals surface area contributed by atoms with Gasteiger partial charge in [-0.1, -0.05) is 39.8 Å². The van der Waals surface area contributed by atoms with E-state index in [0.717, 1.165) is 25.3 Å². The minimum Gasteiger partial charge on any atom is -0.491 e. The minimum atomic E-state index is 0.280. The molecule has 1 atom stereocenters. The van der Waals surface area contributed by atoms with Gasteiger partial charge >= 0.3 is 0 Å². The summed E-state index contributed by atoms with van der Waals surface area (Å²) in [7, 11) is 0. The molecule has 1 aromatic rings. The van der Waals surface area contributed by atoms with Gasteiger partial charge in [-0.05, 0) is 36.5 Å². The van der Waals surface area contributed by atoms with E-state index in [9.17, 15) is 0 Å². The number of hydrogen-bond donors (Lipinski definition) is 1. The van der Waals surface area contributed by atoms with Crippen molar-refractivity contribution in [2.75, 3.05) is 6.54 Å². The zero-order valence-electron chi connectivity index (χ0n) is 12.4. The lowest BCUT2D eigenvalue weighted by Gasteiger charge is -2.19. The van der Waals surface area contributed by atoms with E-state index in [0.29, 0.717) is 5.41 Å². The van der Waals surface area contributed by atoms with Crippen LogP contribution in [0.1, 0.15) is 46.6 Å². The maximum absolute atomic E-state index is 5.82. The van der Waals surface area contributed by atoms with Crippen LogP contribution in [0.5, 0.6) is 5.75 Å². The van der Waals surface area contributed by atoms with E-state index in [4.69, 9.17) is 4.74 Å². The smallest absolute Gasteiger partial charge is 0.120 e. The second kappa shape index (κ2) is 6.79. The quantitative estimate of drug-likeness (QED) is 0.823. The van der Waals surface area contributed by atoms with E-state index in [-0.39, 0.29) is 6.10 Å². The van der Waals surface area contributed by atoms with Crippen LogP contribution in [0.15, 0.2) is 24.3 Å². The third kappa shape index (κ3) is 6.06. The highest BCUT2D eigenvalue weighted by Crippen LogP contribution is 2.16. The van der Waals surface area contributed by atoms with E-state index >= 15 is 0 Å². The molecule has 1 rings (SSSR count). The molecular formula is C16H27NO. The number of ether oxygens (including phenoxy) is 1. The first kappa shape index (κ1) is 15.0. The summed E-state index contributed by atoms with van der Waals surface area (Å²) in [5.74, 6) is 0.972. The van der Waals surface area contributed by atoms with Gasteiger partial charge in [-0.15, -0.1) is 0 Å². The van der Waals surface area contributed by atoms with E-state index in [1.165, 1.54) is 5.56 Å². The fraction of sp³-hybridized carbons (Fsp3) is 0.625. The Labute approximate surface area is 112 Å². The van der Waals surface area contributed by atoms with E-state index < -0.39 is 0 Å². The van der Waals surface area contributed by atoms with Crippen molar-refractivity contribution in [2.24, 2.45) is 5.41 Å². The number of hydrogen-bond acceptors (Lipinski definition) is 2. The Hall–Kier alpha value is -1.02. The molecule has 0 saturated heterocycles. The predicted octanol–water partition coefficient (Wildman–Crippen LogP) is 4.00. The summed E-state index contributed by atoms with van der Waals surface area (Å²) in [5, 5.41) is 3.48. The molecule has 0 spiro atoms. The van der Waals surface area contributed by atoms with Gasteiger partial charge in [0.1, 0.15) is 5.75 Å². The molecule has 0 amide bonds. The summed E-state index contributed by atoms with van der Waals surface area (Å²) in [4.78, 5) is 0. The Morgan fingerprint density at radius 2 is 2.00 bits per heavy atom. The average Bonchev–Trinajstić information content (AvgIpc) is 2.27. The molecular weight excluding hydrogens is 222 g/mol. The molecule has 0 fully saturated rings. The standard InChI is InChI=1S/C16H27NO/c1-6-13(2)18-15-9-7-8-14(10-15)11-17-12-16(3,4)5/h7-10,13,17H,6,11-12H2,1-5H3. The highest BCUT2D eigenvalue weighted by Gasteiger charge is 2.09. The average molecular weight is 249 g/mol. The van der Waals surface area contributed by atoms with Crippen molar-refractivity contribution in [3.8, 4) is 5.75 Å². The summed E-state index contributed by atoms with van der Waals surface area (Å²) < 4.78 is 5.82. The molecule has 102 valence electrons. The summed E-state index contributed by atoms with van der Waals surface area (Å²) in [6.45, 7) is 12.9. The van der Waals surface area contributed by atoms with Gasteiger partial charge < -0.3 is 10.1 Å². The van der Waals surface area contributed by atoms with E-state index in [1.807, 2.05) is 6.07 Å². The van der Waals surface area contributed by atoms with Gasteiger partial charge in [0, 0.05) is 13.1 Å². The van der Waals surface area contributed by atoms with Gasteiger partial charge in [-0.3, -0.25) is 0 Å². The predicted molar refractivity (Wildman–Crippen MR) is 78.0 cm³/mol. The monoisotopic (exact) mass is 249 g/mol. The van der Waals surface area contributed by atoms with Gasteiger partial charge in [0.25, 0.3) is 0 Å². The molecule has 0 radical (unpaired) electrons. The van der Waals surface area contributed by atoms with Crippen LogP contribution in [0, 0.1) is 5.41 Å². The molecule has 2 heteroatoms. The van der Waals surface area contributed by atoms with Gasteiger partial charge in [0.15, 0.2) is 0 Å². The third-order valence-electron chi connectivity index (χ3n) is 2.80. The molecule has 1 aromatic carbocycles. The summed E-state index contributed by atoms with van der Waals surface area (Å²) >= 11 is 0. The van der Waals surface area contributed by atoms with Crippen LogP contribution in [0.3, 0.4) is 0 Å². The highest BCUT2D eigenvalue weighted by atomic mass is 16.5. The van der Waals surface area contributed by atoms with E-state index in [2.05, 4.69) is 58.1 Å². The maximum atomic E-state index is 5.82. The number of benzene rings is 1. The minimum absolute atomic E-state index is 0.280. The molecule has 0 aliphatic heterocycles. The molecule has 0 heterocycles. The maximum Gasteiger partial charge on any atom is 0.120 e. The van der Waals surface area contributed by atoms with Crippen molar-refractivity contribution in [3.05, 3.63) is 29.8 Å². The van der Waals surface area contributed by atoms with Gasteiger partial charge in [-0.2, -0.15) is 0 Å². The summed E-state index contributed by atoms with van der Waals surface area (Å²) in [6.07, 6.45) is 1.31. The topological polar surface area (TPSA) is 21.3 Å². The Kier molecular flexibility index (Phi) is 5.67. The Bertz CT molecular complexity index is 354. The largest absolute Gasteiger partial charge is 0.491 e. The van der Waals surface area contributed by atoms with Crippen molar-refractivity contribution in [2.45, 2.75) is 53.7 Å². The molecule has 1 unspecified atom stereocenters. The Morgan fingerprint density at radius 3 is 2.61 bits per heavy atom. The van der Waals surface area contributed by atoms with Gasteiger partial charge in [-0.25, -0.2) is 0 Å². The fourth-order valence-corrected chi connectivity index (χ4v) is 1.63. The van der Waals surface area contributed by atoms with Crippen LogP contribution in [-0.2, 0) is 6.54 Å². The lowest BCUT2D eigenvalue weighted by atomic mass is 9.97. The Morgan fingerprint density at radius 1 is 1.28 bits per heavy atom. The molecule has 0 aliphatic rings. The van der Waals surface area contributed by atoms with Crippen molar-refractivity contribution in [1.82, 2.24) is 5.32 Å². The van der Waals surface area contributed by atoms with Crippen molar-refractivity contribution in [1.29, 1.82) is 0 Å². The summed E-state index contributed by atoms with van der Waals surface area (Å²) in [6, 6.07) is 8.35. The van der Waals surface area contributed by atoms with Crippen LogP contribution in [-0.4, -0.2) is 12.6 Å². The van der Waals surface area contributed by atoms with Crippen LogP contribution in [0.2, 0.25) is 0 Å². The first-order chi connectivity index (χ1) is 8.40. The first-order valence-electron chi connectivity index (χ1n) is 6.87. The lowest BCUT2D eigenvalue weighted by molar-refractivity contribution is 0.217. The zero-order chi connectivity index (χ0) is 13.6. The van der Waals surface area contributed by atoms with Crippen LogP contribution in [0.25, 0.3) is 0 Å². The molecule has 0 saturated carbocycles. The van der Waals surface area contributed by atoms with E-state index in [1.54, 1.807) is 0 Å². The van der Waals surface area contributed by atoms with Gasteiger partial charge in [0.2, 0.25) is 0 Å². The molecule has 0 aliphatic carbocycles. The number of rotatable bonds is 6. The zero-order valence-corrected chi connectivity index (χ0v) is 12.4. The SMILES string of the molecule is CCC(C)Oc1cccc(CNCC(C)(C)C)c1. The fourth-order valence-electron chi connectivity index (χ4n) is 1.63. The van der Waals surface area contributed by atoms with Crippen molar-refractivity contribution >= 4 is 0 Å². The number of nitrogens with one attached hydrogen (secondary N) is 1. The second-order valence-electron chi connectivity index (χ2n) is 6.15. The van der Waals surface area contributed by atoms with Crippen LogP contribution >= 0.6 is 0 Å². The van der Waals surface area contributed by atoms with Crippen molar-refractivity contribution < 1.29 is 4.74 Å². The molecule has 0 aromatic heterocycles. The van der Waals surface area contributed by atoms with Crippen molar-refractivity contribution in [3.63, 3.8) is 0 Å². The molecule has 0 bridgehead atoms. The van der Waals surface area contributed by atoms with Crippen LogP contribution in [0.4, 0.5) is 0 Å². The highest BCUT2D eigenvalue weighted by molar-refractivity contribution is 5.28. The normalized spacial score (nSPS) is 13.4. The molecule has 2 nitrogen and oxygen atoms in total. The van der Waals surface area contributed by atoms with Crippen LogP contribution < -0.4 is 10.1 Å². The molecule has 1 N–H and O–H groups in total. The molecule has 18 heavy (non-hydrogen) atoms. The first-order valence-corrected chi connectivity index (χ1v) is 6.87. The Balaban J connectivity index is 2.49. The lowest BCUT2D eigenvalue weighted by Crippen LogP contribution is -2.26. The second-order valence-corrected chi connectivity index (χ2v) is 6.15.